The first-order valence-electron chi connectivity index (χ1n) is 9.42. The minimum Gasteiger partial charge on any atom is -0.491 e. The Balaban J connectivity index is 1.61. The van der Waals surface area contributed by atoms with Gasteiger partial charge in [-0.1, -0.05) is 0 Å². The molecule has 1 N–H and O–H groups in total. The highest BCUT2D eigenvalue weighted by atomic mass is 32.2. The lowest BCUT2D eigenvalue weighted by molar-refractivity contribution is 0.110. The second-order valence-corrected chi connectivity index (χ2v) is 8.93. The SMILES string of the molecule is CC(C)Oc1ccc(S(=O)(=O)Nc2ccc(OC3CCN(C)CC3)nc2)cc1. The molecule has 28 heavy (non-hydrogen) atoms. The number of aromatic nitrogens is 1. The number of nitrogens with one attached hydrogen (secondary N) is 1. The van der Waals surface area contributed by atoms with Gasteiger partial charge in [-0.25, -0.2) is 13.4 Å². The van der Waals surface area contributed by atoms with Crippen molar-refractivity contribution in [3.63, 3.8) is 0 Å². The number of likely N-dealkylation sites (tertiary alicyclic amines) is 1. The van der Waals surface area contributed by atoms with E-state index >= 15 is 0 Å². The fourth-order valence-electron chi connectivity index (χ4n) is 2.97. The van der Waals surface area contributed by atoms with Gasteiger partial charge in [0, 0.05) is 19.2 Å². The average Bonchev–Trinajstić information content (AvgIpc) is 2.65. The first-order valence-corrected chi connectivity index (χ1v) is 10.9. The van der Waals surface area contributed by atoms with E-state index in [2.05, 4.69) is 21.7 Å². The maximum atomic E-state index is 12.6. The number of sulfonamides is 1. The zero-order chi connectivity index (χ0) is 20.1. The van der Waals surface area contributed by atoms with Gasteiger partial charge in [0.1, 0.15) is 11.9 Å². The van der Waals surface area contributed by atoms with Crippen LogP contribution in [0.5, 0.6) is 11.6 Å². The standard InChI is InChI=1S/C20H27N3O4S/c1-15(2)26-17-5-7-19(8-6-17)28(24,25)22-16-4-9-20(21-14-16)27-18-10-12-23(3)13-11-18/h4-9,14-15,18,22H,10-13H2,1-3H3. The Hall–Kier alpha value is -2.32. The third-order valence-corrected chi connectivity index (χ3v) is 5.84. The Kier molecular flexibility index (Phi) is 6.41. The van der Waals surface area contributed by atoms with Crippen LogP contribution in [0.2, 0.25) is 0 Å². The quantitative estimate of drug-likeness (QED) is 0.762. The van der Waals surface area contributed by atoms with Crippen molar-refractivity contribution in [3.8, 4) is 11.6 Å². The monoisotopic (exact) mass is 405 g/mol. The molecule has 0 spiro atoms. The molecule has 2 aromatic rings. The first kappa shape index (κ1) is 20.4. The maximum Gasteiger partial charge on any atom is 0.261 e. The molecule has 0 saturated carbocycles. The summed E-state index contributed by atoms with van der Waals surface area (Å²) in [6, 6.07) is 9.67. The number of anilines is 1. The molecule has 152 valence electrons. The molecule has 0 aliphatic carbocycles. The summed E-state index contributed by atoms with van der Waals surface area (Å²) in [4.78, 5) is 6.67. The second kappa shape index (κ2) is 8.79. The summed E-state index contributed by atoms with van der Waals surface area (Å²) >= 11 is 0. The zero-order valence-electron chi connectivity index (χ0n) is 16.5. The molecular weight excluding hydrogens is 378 g/mol. The molecule has 0 bridgehead atoms. The molecule has 8 heteroatoms. The number of ether oxygens (including phenoxy) is 2. The minimum absolute atomic E-state index is 0.0295. The van der Waals surface area contributed by atoms with Crippen LogP contribution in [-0.4, -0.2) is 50.6 Å². The largest absolute Gasteiger partial charge is 0.491 e. The molecule has 7 nitrogen and oxygen atoms in total. The smallest absolute Gasteiger partial charge is 0.261 e. The Morgan fingerprint density at radius 1 is 1.11 bits per heavy atom. The van der Waals surface area contributed by atoms with Gasteiger partial charge < -0.3 is 14.4 Å². The molecule has 1 aromatic heterocycles. The van der Waals surface area contributed by atoms with Crippen LogP contribution in [0.3, 0.4) is 0 Å². The summed E-state index contributed by atoms with van der Waals surface area (Å²) in [6.07, 6.45) is 3.57. The van der Waals surface area contributed by atoms with Crippen molar-refractivity contribution in [2.75, 3.05) is 24.9 Å². The summed E-state index contributed by atoms with van der Waals surface area (Å²) < 4.78 is 39.1. The van der Waals surface area contributed by atoms with Crippen LogP contribution < -0.4 is 14.2 Å². The molecule has 1 aliphatic rings. The molecule has 1 aromatic carbocycles. The van der Waals surface area contributed by atoms with E-state index in [1.165, 1.54) is 18.3 Å². The van der Waals surface area contributed by atoms with E-state index in [9.17, 15) is 8.42 Å². The number of hydrogen-bond acceptors (Lipinski definition) is 6. The molecule has 0 amide bonds. The van der Waals surface area contributed by atoms with Crippen molar-refractivity contribution < 1.29 is 17.9 Å². The van der Waals surface area contributed by atoms with Crippen molar-refractivity contribution in [1.82, 2.24) is 9.88 Å². The maximum absolute atomic E-state index is 12.6. The van der Waals surface area contributed by atoms with Gasteiger partial charge in [-0.15, -0.1) is 0 Å². The number of nitrogens with zero attached hydrogens (tertiary/aromatic N) is 2. The van der Waals surface area contributed by atoms with Crippen LogP contribution in [-0.2, 0) is 10.0 Å². The Morgan fingerprint density at radius 3 is 2.36 bits per heavy atom. The van der Waals surface area contributed by atoms with E-state index in [4.69, 9.17) is 9.47 Å². The van der Waals surface area contributed by atoms with Crippen LogP contribution in [0.15, 0.2) is 47.5 Å². The van der Waals surface area contributed by atoms with E-state index in [1.807, 2.05) is 13.8 Å². The zero-order valence-corrected chi connectivity index (χ0v) is 17.3. The molecular formula is C20H27N3O4S. The summed E-state index contributed by atoms with van der Waals surface area (Å²) in [5, 5.41) is 0. The lowest BCUT2D eigenvalue weighted by Crippen LogP contribution is -2.35. The molecule has 2 heterocycles. The third-order valence-electron chi connectivity index (χ3n) is 4.45. The van der Waals surface area contributed by atoms with E-state index in [1.54, 1.807) is 24.3 Å². The van der Waals surface area contributed by atoms with Gasteiger partial charge in [0.05, 0.1) is 22.9 Å². The van der Waals surface area contributed by atoms with Crippen LogP contribution in [0.25, 0.3) is 0 Å². The summed E-state index contributed by atoms with van der Waals surface area (Å²) in [5.74, 6) is 1.14. The normalized spacial score (nSPS) is 16.1. The van der Waals surface area contributed by atoms with E-state index in [-0.39, 0.29) is 17.1 Å². The van der Waals surface area contributed by atoms with Gasteiger partial charge in [-0.05, 0) is 64.1 Å². The van der Waals surface area contributed by atoms with Crippen LogP contribution in [0.1, 0.15) is 26.7 Å². The summed E-state index contributed by atoms with van der Waals surface area (Å²) in [5.41, 5.74) is 0.387. The van der Waals surface area contributed by atoms with Crippen molar-refractivity contribution in [2.24, 2.45) is 0 Å². The van der Waals surface area contributed by atoms with Crippen LogP contribution in [0, 0.1) is 0 Å². The predicted molar refractivity (Wildman–Crippen MR) is 108 cm³/mol. The van der Waals surface area contributed by atoms with Crippen LogP contribution in [0.4, 0.5) is 5.69 Å². The fraction of sp³-hybridized carbons (Fsp3) is 0.450. The third kappa shape index (κ3) is 5.59. The molecule has 1 aliphatic heterocycles. The van der Waals surface area contributed by atoms with E-state index < -0.39 is 10.0 Å². The predicted octanol–water partition coefficient (Wildman–Crippen LogP) is 3.14. The molecule has 0 unspecified atom stereocenters. The number of piperidine rings is 1. The highest BCUT2D eigenvalue weighted by molar-refractivity contribution is 7.92. The first-order chi connectivity index (χ1) is 13.3. The number of pyridine rings is 1. The van der Waals surface area contributed by atoms with Gasteiger partial charge in [-0.2, -0.15) is 0 Å². The van der Waals surface area contributed by atoms with E-state index in [0.717, 1.165) is 25.9 Å². The van der Waals surface area contributed by atoms with Gasteiger partial charge in [0.2, 0.25) is 5.88 Å². The van der Waals surface area contributed by atoms with Gasteiger partial charge in [0.15, 0.2) is 0 Å². The van der Waals surface area contributed by atoms with Gasteiger partial charge in [-0.3, -0.25) is 4.72 Å². The number of rotatable bonds is 7. The second-order valence-electron chi connectivity index (χ2n) is 7.25. The highest BCUT2D eigenvalue weighted by Crippen LogP contribution is 2.22. The Bertz CT molecular complexity index is 859. The lowest BCUT2D eigenvalue weighted by Gasteiger charge is -2.28. The van der Waals surface area contributed by atoms with Gasteiger partial charge in [0.25, 0.3) is 10.0 Å². The van der Waals surface area contributed by atoms with Gasteiger partial charge >= 0.3 is 0 Å². The Morgan fingerprint density at radius 2 is 1.79 bits per heavy atom. The average molecular weight is 406 g/mol. The molecule has 0 atom stereocenters. The van der Waals surface area contributed by atoms with E-state index in [0.29, 0.717) is 17.3 Å². The minimum atomic E-state index is -3.70. The molecule has 3 rings (SSSR count). The topological polar surface area (TPSA) is 80.8 Å². The van der Waals surface area contributed by atoms with Crippen molar-refractivity contribution >= 4 is 15.7 Å². The molecule has 1 saturated heterocycles. The summed E-state index contributed by atoms with van der Waals surface area (Å²) in [7, 11) is -1.60. The Labute approximate surface area is 166 Å². The van der Waals surface area contributed by atoms with Crippen molar-refractivity contribution in [3.05, 3.63) is 42.6 Å². The van der Waals surface area contributed by atoms with Crippen molar-refractivity contribution in [1.29, 1.82) is 0 Å². The number of hydrogen-bond donors (Lipinski definition) is 1. The van der Waals surface area contributed by atoms with Crippen LogP contribution >= 0.6 is 0 Å². The molecule has 1 fully saturated rings. The summed E-state index contributed by atoms with van der Waals surface area (Å²) in [6.45, 7) is 5.84. The fourth-order valence-corrected chi connectivity index (χ4v) is 4.01. The highest BCUT2D eigenvalue weighted by Gasteiger charge is 2.19. The number of benzene rings is 1. The molecule has 0 radical (unpaired) electrons. The van der Waals surface area contributed by atoms with Crippen molar-refractivity contribution in [2.45, 2.75) is 43.8 Å². The lowest BCUT2D eigenvalue weighted by atomic mass is 10.1.